The second-order valence-electron chi connectivity index (χ2n) is 4.50. The van der Waals surface area contributed by atoms with Crippen molar-refractivity contribution in [3.63, 3.8) is 0 Å². The Balaban J connectivity index is 2.27. The normalized spacial score (nSPS) is 19.0. The van der Waals surface area contributed by atoms with Crippen molar-refractivity contribution >= 4 is 23.4 Å². The van der Waals surface area contributed by atoms with Crippen LogP contribution in [0.5, 0.6) is 0 Å². The van der Waals surface area contributed by atoms with Gasteiger partial charge in [0.25, 0.3) is 5.91 Å². The van der Waals surface area contributed by atoms with Gasteiger partial charge in [0.05, 0.1) is 5.02 Å². The van der Waals surface area contributed by atoms with Crippen LogP contribution < -0.4 is 5.32 Å². The highest BCUT2D eigenvalue weighted by Gasteiger charge is 2.40. The number of carbonyl (C=O) groups excluding carboxylic acids is 2. The van der Waals surface area contributed by atoms with Crippen LogP contribution in [0.25, 0.3) is 0 Å². The second kappa shape index (κ2) is 4.07. The summed E-state index contributed by atoms with van der Waals surface area (Å²) in [5, 5.41) is 3.22. The van der Waals surface area contributed by atoms with E-state index in [1.165, 1.54) is 0 Å². The van der Waals surface area contributed by atoms with E-state index in [1.807, 2.05) is 0 Å². The van der Waals surface area contributed by atoms with E-state index in [4.69, 9.17) is 11.6 Å². The van der Waals surface area contributed by atoms with Crippen LogP contribution in [-0.2, 0) is 4.79 Å². The lowest BCUT2D eigenvalue weighted by molar-refractivity contribution is -0.133. The molecular formula is C11H14ClN3O2. The number of piperazine rings is 1. The van der Waals surface area contributed by atoms with E-state index in [9.17, 15) is 9.59 Å². The van der Waals surface area contributed by atoms with Gasteiger partial charge in [-0.2, -0.15) is 0 Å². The van der Waals surface area contributed by atoms with Gasteiger partial charge in [-0.3, -0.25) is 9.59 Å². The highest BCUT2D eigenvalue weighted by atomic mass is 35.5. The molecule has 0 unspecified atom stereocenters. The van der Waals surface area contributed by atoms with Crippen LogP contribution in [0, 0.1) is 0 Å². The van der Waals surface area contributed by atoms with E-state index in [1.54, 1.807) is 31.0 Å². The third-order valence-electron chi connectivity index (χ3n) is 2.97. The van der Waals surface area contributed by atoms with E-state index in [-0.39, 0.29) is 11.8 Å². The predicted molar refractivity (Wildman–Crippen MR) is 63.9 cm³/mol. The van der Waals surface area contributed by atoms with Crippen molar-refractivity contribution in [1.29, 1.82) is 0 Å². The molecule has 17 heavy (non-hydrogen) atoms. The molecule has 92 valence electrons. The molecule has 2 N–H and O–H groups in total. The minimum absolute atomic E-state index is 0.144. The van der Waals surface area contributed by atoms with E-state index >= 15 is 0 Å². The fraction of sp³-hybridized carbons (Fsp3) is 0.455. The zero-order valence-electron chi connectivity index (χ0n) is 9.71. The molecule has 1 aliphatic rings. The molecule has 1 saturated heterocycles. The lowest BCUT2D eigenvalue weighted by atomic mass is 9.98. The Morgan fingerprint density at radius 1 is 1.53 bits per heavy atom. The topological polar surface area (TPSA) is 65.2 Å². The summed E-state index contributed by atoms with van der Waals surface area (Å²) in [5.74, 6) is -0.355. The van der Waals surface area contributed by atoms with Gasteiger partial charge in [-0.25, -0.2) is 0 Å². The summed E-state index contributed by atoms with van der Waals surface area (Å²) in [7, 11) is 0. The highest BCUT2D eigenvalue weighted by Crippen LogP contribution is 2.21. The molecule has 2 heterocycles. The minimum atomic E-state index is -0.840. The summed E-state index contributed by atoms with van der Waals surface area (Å²) in [6.45, 7) is 4.42. The van der Waals surface area contributed by atoms with Crippen LogP contribution >= 0.6 is 11.6 Å². The van der Waals surface area contributed by atoms with Crippen LogP contribution in [0.2, 0.25) is 5.02 Å². The monoisotopic (exact) mass is 255 g/mol. The first-order valence-corrected chi connectivity index (χ1v) is 5.75. The molecule has 2 rings (SSSR count). The summed E-state index contributed by atoms with van der Waals surface area (Å²) in [5.41, 5.74) is -0.440. The predicted octanol–water partition coefficient (Wildman–Crippen LogP) is 1.02. The molecule has 1 fully saturated rings. The molecule has 0 atom stereocenters. The minimum Gasteiger partial charge on any atom is -0.356 e. The van der Waals surface area contributed by atoms with Crippen LogP contribution in [0.4, 0.5) is 0 Å². The van der Waals surface area contributed by atoms with Gasteiger partial charge in [0.15, 0.2) is 0 Å². The molecule has 0 aromatic carbocycles. The Hall–Kier alpha value is -1.49. The number of rotatable bonds is 1. The van der Waals surface area contributed by atoms with Crippen molar-refractivity contribution < 1.29 is 9.59 Å². The maximum Gasteiger partial charge on any atom is 0.271 e. The number of aromatic nitrogens is 1. The van der Waals surface area contributed by atoms with Gasteiger partial charge in [-0.1, -0.05) is 11.6 Å². The molecule has 2 amide bonds. The van der Waals surface area contributed by atoms with Crippen molar-refractivity contribution in [2.45, 2.75) is 19.4 Å². The van der Waals surface area contributed by atoms with Crippen molar-refractivity contribution in [1.82, 2.24) is 15.2 Å². The van der Waals surface area contributed by atoms with Gasteiger partial charge in [-0.05, 0) is 19.9 Å². The Morgan fingerprint density at radius 2 is 2.24 bits per heavy atom. The van der Waals surface area contributed by atoms with E-state index in [0.29, 0.717) is 23.8 Å². The van der Waals surface area contributed by atoms with Crippen molar-refractivity contribution in [2.75, 3.05) is 13.1 Å². The van der Waals surface area contributed by atoms with Gasteiger partial charge in [-0.15, -0.1) is 0 Å². The molecule has 0 spiro atoms. The van der Waals surface area contributed by atoms with Gasteiger partial charge >= 0.3 is 0 Å². The first-order chi connectivity index (χ1) is 7.93. The molecule has 1 aliphatic heterocycles. The number of H-pyrrole nitrogens is 1. The van der Waals surface area contributed by atoms with E-state index in [0.717, 1.165) is 0 Å². The maximum atomic E-state index is 12.2. The Kier molecular flexibility index (Phi) is 2.87. The molecule has 0 bridgehead atoms. The lowest BCUT2D eigenvalue weighted by Gasteiger charge is -2.40. The number of nitrogens with zero attached hydrogens (tertiary/aromatic N) is 1. The van der Waals surface area contributed by atoms with Crippen molar-refractivity contribution in [3.05, 3.63) is 23.0 Å². The number of nitrogens with one attached hydrogen (secondary N) is 2. The van der Waals surface area contributed by atoms with Crippen LogP contribution in [0.3, 0.4) is 0 Å². The number of hydrogen-bond donors (Lipinski definition) is 2. The summed E-state index contributed by atoms with van der Waals surface area (Å²) < 4.78 is 0. The summed E-state index contributed by atoms with van der Waals surface area (Å²) >= 11 is 5.76. The molecular weight excluding hydrogens is 242 g/mol. The van der Waals surface area contributed by atoms with Gasteiger partial charge < -0.3 is 15.2 Å². The van der Waals surface area contributed by atoms with Crippen LogP contribution in [-0.4, -0.2) is 40.3 Å². The summed E-state index contributed by atoms with van der Waals surface area (Å²) in [4.78, 5) is 28.3. The van der Waals surface area contributed by atoms with Crippen LogP contribution in [0.1, 0.15) is 24.3 Å². The average molecular weight is 256 g/mol. The number of carbonyl (C=O) groups is 2. The second-order valence-corrected chi connectivity index (χ2v) is 4.94. The van der Waals surface area contributed by atoms with Crippen LogP contribution in [0.15, 0.2) is 12.3 Å². The maximum absolute atomic E-state index is 12.2. The standard InChI is InChI=1S/C11H14ClN3O2/c1-11(2)10(17)13-3-4-15(11)9(16)8-5-7(12)6-14-8/h5-6,14H,3-4H2,1-2H3,(H,13,17). The highest BCUT2D eigenvalue weighted by molar-refractivity contribution is 6.31. The van der Waals surface area contributed by atoms with Crippen molar-refractivity contribution in [2.24, 2.45) is 0 Å². The average Bonchev–Trinajstić information content (AvgIpc) is 2.68. The number of aromatic amines is 1. The third-order valence-corrected chi connectivity index (χ3v) is 3.19. The Bertz CT molecular complexity index is 467. The summed E-state index contributed by atoms with van der Waals surface area (Å²) in [6, 6.07) is 1.56. The van der Waals surface area contributed by atoms with Gasteiger partial charge in [0.1, 0.15) is 11.2 Å². The Labute approximate surface area is 104 Å². The van der Waals surface area contributed by atoms with Gasteiger partial charge in [0.2, 0.25) is 5.91 Å². The van der Waals surface area contributed by atoms with Gasteiger partial charge in [0, 0.05) is 19.3 Å². The number of hydrogen-bond acceptors (Lipinski definition) is 2. The van der Waals surface area contributed by atoms with E-state index < -0.39 is 5.54 Å². The molecule has 0 saturated carbocycles. The largest absolute Gasteiger partial charge is 0.356 e. The number of halogens is 1. The fourth-order valence-electron chi connectivity index (χ4n) is 1.89. The molecule has 5 nitrogen and oxygen atoms in total. The molecule has 1 aromatic rings. The SMILES string of the molecule is CC1(C)C(=O)NCCN1C(=O)c1cc(Cl)c[nH]1. The zero-order valence-corrected chi connectivity index (χ0v) is 10.5. The third kappa shape index (κ3) is 2.02. The molecule has 1 aromatic heterocycles. The fourth-order valence-corrected chi connectivity index (χ4v) is 2.06. The quantitative estimate of drug-likeness (QED) is 0.787. The molecule has 0 aliphatic carbocycles. The van der Waals surface area contributed by atoms with Crippen molar-refractivity contribution in [3.8, 4) is 0 Å². The zero-order chi connectivity index (χ0) is 12.6. The molecule has 6 heteroatoms. The summed E-state index contributed by atoms with van der Waals surface area (Å²) in [6.07, 6.45) is 1.55. The lowest BCUT2D eigenvalue weighted by Crippen LogP contribution is -2.63. The first-order valence-electron chi connectivity index (χ1n) is 5.37. The molecule has 0 radical (unpaired) electrons. The smallest absolute Gasteiger partial charge is 0.271 e. The van der Waals surface area contributed by atoms with E-state index in [2.05, 4.69) is 10.3 Å². The Morgan fingerprint density at radius 3 is 2.82 bits per heavy atom. The first kappa shape index (κ1) is 12.0. The number of amides is 2.